The molecular formula is C28H27F4N3O4S. The number of alkyl halides is 3. The van der Waals surface area contributed by atoms with E-state index in [2.05, 4.69) is 0 Å². The Morgan fingerprint density at radius 2 is 1.73 bits per heavy atom. The first-order valence-corrected chi connectivity index (χ1v) is 12.8. The number of amides is 1. The van der Waals surface area contributed by atoms with Crippen LogP contribution in [-0.2, 0) is 20.5 Å². The van der Waals surface area contributed by atoms with E-state index in [0.29, 0.717) is 18.9 Å². The van der Waals surface area contributed by atoms with E-state index < -0.39 is 51.6 Å². The summed E-state index contributed by atoms with van der Waals surface area (Å²) in [6.07, 6.45) is -3.72. The highest BCUT2D eigenvalue weighted by molar-refractivity contribution is 7.81. The number of carbonyl (C=O) groups is 2. The van der Waals surface area contributed by atoms with Gasteiger partial charge in [-0.05, 0) is 90.0 Å². The quantitative estimate of drug-likeness (QED) is 0.232. The number of nitriles is 1. The van der Waals surface area contributed by atoms with Crippen LogP contribution in [0.5, 0.6) is 5.75 Å². The number of benzene rings is 2. The first kappa shape index (κ1) is 29.3. The Bertz CT molecular complexity index is 1440. The number of nitrogens with zero attached hydrogens (tertiary/aromatic N) is 3. The summed E-state index contributed by atoms with van der Waals surface area (Å²) in [5.74, 6) is -1.94. The van der Waals surface area contributed by atoms with Crippen molar-refractivity contribution in [2.24, 2.45) is 5.41 Å². The highest BCUT2D eigenvalue weighted by Gasteiger charge is 2.54. The van der Waals surface area contributed by atoms with Crippen molar-refractivity contribution in [3.63, 3.8) is 0 Å². The topological polar surface area (TPSA) is 82.9 Å². The van der Waals surface area contributed by atoms with E-state index in [-0.39, 0.29) is 28.8 Å². The molecule has 40 heavy (non-hydrogen) atoms. The SMILES string of the molecule is CC(C)(C)OC(=O)C1(COc2ccc(N3C(=S)N(c4ccc(C#N)c(C(F)(F)F)c4)C(=O)C3(C)C)cc2F)CC1. The summed E-state index contributed by atoms with van der Waals surface area (Å²) in [6, 6.07) is 8.28. The number of ether oxygens (including phenoxy) is 2. The third kappa shape index (κ3) is 5.35. The molecule has 2 aromatic carbocycles. The molecule has 212 valence electrons. The molecule has 2 aromatic rings. The maximum absolute atomic E-state index is 15.2. The second-order valence-electron chi connectivity index (χ2n) is 11.3. The summed E-state index contributed by atoms with van der Waals surface area (Å²) in [6.45, 7) is 8.22. The maximum Gasteiger partial charge on any atom is 0.417 e. The Kier molecular flexibility index (Phi) is 7.12. The average molecular weight is 578 g/mol. The molecule has 0 atom stereocenters. The Morgan fingerprint density at radius 1 is 1.10 bits per heavy atom. The lowest BCUT2D eigenvalue weighted by Crippen LogP contribution is -2.44. The predicted octanol–water partition coefficient (Wildman–Crippen LogP) is 6.13. The summed E-state index contributed by atoms with van der Waals surface area (Å²) < 4.78 is 66.9. The van der Waals surface area contributed by atoms with Crippen molar-refractivity contribution < 1.29 is 36.6 Å². The number of carbonyl (C=O) groups excluding carboxylic acids is 2. The van der Waals surface area contributed by atoms with Crippen LogP contribution in [0.25, 0.3) is 0 Å². The molecule has 0 bridgehead atoms. The van der Waals surface area contributed by atoms with Crippen molar-refractivity contribution in [2.45, 2.75) is 64.8 Å². The Labute approximate surface area is 234 Å². The molecule has 1 aliphatic heterocycles. The van der Waals surface area contributed by atoms with Gasteiger partial charge in [0.15, 0.2) is 16.7 Å². The minimum Gasteiger partial charge on any atom is -0.489 e. The molecule has 0 unspecified atom stereocenters. The molecule has 0 spiro atoms. The van der Waals surface area contributed by atoms with Crippen LogP contribution in [0.15, 0.2) is 36.4 Å². The highest BCUT2D eigenvalue weighted by atomic mass is 32.1. The lowest BCUT2D eigenvalue weighted by molar-refractivity contribution is -0.163. The molecule has 0 N–H and O–H groups in total. The first-order chi connectivity index (χ1) is 18.4. The van der Waals surface area contributed by atoms with E-state index in [1.165, 1.54) is 43.0 Å². The fraction of sp³-hybridized carbons (Fsp3) is 0.429. The number of rotatable bonds is 6. The van der Waals surface area contributed by atoms with Gasteiger partial charge in [0.2, 0.25) is 0 Å². The number of hydrogen-bond acceptors (Lipinski definition) is 6. The standard InChI is InChI=1S/C28H27F4N3O4S/c1-25(2,3)39-23(37)27(10-11-27)15-38-21-9-8-18(13-20(21)29)35-24(40)34(22(36)26(35,4)5)17-7-6-16(14-33)19(12-17)28(30,31)32/h6-9,12-13H,10-11,15H2,1-5H3. The zero-order chi connectivity index (χ0) is 29.8. The lowest BCUT2D eigenvalue weighted by atomic mass is 10.0. The van der Waals surface area contributed by atoms with Crippen molar-refractivity contribution in [2.75, 3.05) is 16.4 Å². The fourth-order valence-electron chi connectivity index (χ4n) is 4.37. The third-order valence-corrected chi connectivity index (χ3v) is 7.08. The Morgan fingerprint density at radius 3 is 2.25 bits per heavy atom. The van der Waals surface area contributed by atoms with E-state index in [1.807, 2.05) is 0 Å². The van der Waals surface area contributed by atoms with Gasteiger partial charge < -0.3 is 14.4 Å². The third-order valence-electron chi connectivity index (χ3n) is 6.72. The second kappa shape index (κ2) is 9.73. The van der Waals surface area contributed by atoms with Crippen LogP contribution in [-0.4, -0.2) is 34.7 Å². The van der Waals surface area contributed by atoms with E-state index in [0.717, 1.165) is 17.0 Å². The fourth-order valence-corrected chi connectivity index (χ4v) is 4.89. The number of hydrogen-bond donors (Lipinski definition) is 0. The maximum atomic E-state index is 15.2. The minimum absolute atomic E-state index is 0.0711. The molecule has 7 nitrogen and oxygen atoms in total. The van der Waals surface area contributed by atoms with Crippen LogP contribution in [0.1, 0.15) is 58.6 Å². The van der Waals surface area contributed by atoms with Gasteiger partial charge in [-0.15, -0.1) is 0 Å². The summed E-state index contributed by atoms with van der Waals surface area (Å²) >= 11 is 5.49. The molecule has 1 saturated carbocycles. The smallest absolute Gasteiger partial charge is 0.417 e. The zero-order valence-corrected chi connectivity index (χ0v) is 23.3. The van der Waals surface area contributed by atoms with Crippen LogP contribution in [0.2, 0.25) is 0 Å². The second-order valence-corrected chi connectivity index (χ2v) is 11.7. The normalized spacial score (nSPS) is 18.0. The molecule has 12 heteroatoms. The molecule has 2 fully saturated rings. The summed E-state index contributed by atoms with van der Waals surface area (Å²) in [4.78, 5) is 28.2. The molecule has 1 saturated heterocycles. The van der Waals surface area contributed by atoms with Gasteiger partial charge in [-0.25, -0.2) is 4.39 Å². The van der Waals surface area contributed by atoms with Crippen molar-refractivity contribution >= 4 is 40.6 Å². The number of anilines is 2. The van der Waals surface area contributed by atoms with Gasteiger partial charge in [-0.2, -0.15) is 18.4 Å². The summed E-state index contributed by atoms with van der Waals surface area (Å²) in [5.41, 5.74) is -4.68. The van der Waals surface area contributed by atoms with Crippen LogP contribution in [0, 0.1) is 22.6 Å². The predicted molar refractivity (Wildman–Crippen MR) is 142 cm³/mol. The van der Waals surface area contributed by atoms with E-state index in [9.17, 15) is 22.8 Å². The Balaban J connectivity index is 1.58. The molecule has 1 aliphatic carbocycles. The summed E-state index contributed by atoms with van der Waals surface area (Å²) in [5, 5.41) is 8.92. The molecule has 1 heterocycles. The number of thiocarbonyl (C=S) groups is 1. The van der Waals surface area contributed by atoms with Crippen molar-refractivity contribution in [1.29, 1.82) is 5.26 Å². The Hall–Kier alpha value is -3.72. The summed E-state index contributed by atoms with van der Waals surface area (Å²) in [7, 11) is 0. The number of halogens is 4. The van der Waals surface area contributed by atoms with E-state index in [1.54, 1.807) is 20.8 Å². The van der Waals surface area contributed by atoms with Crippen LogP contribution >= 0.6 is 12.2 Å². The first-order valence-electron chi connectivity index (χ1n) is 12.4. The largest absolute Gasteiger partial charge is 0.489 e. The average Bonchev–Trinajstić information content (AvgIpc) is 3.60. The molecule has 1 amide bonds. The van der Waals surface area contributed by atoms with Gasteiger partial charge in [0.25, 0.3) is 5.91 Å². The monoisotopic (exact) mass is 577 g/mol. The number of esters is 1. The van der Waals surface area contributed by atoms with Gasteiger partial charge >= 0.3 is 12.1 Å². The van der Waals surface area contributed by atoms with Gasteiger partial charge in [0, 0.05) is 11.8 Å². The molecule has 0 radical (unpaired) electrons. The van der Waals surface area contributed by atoms with Gasteiger partial charge in [0.05, 0.1) is 22.9 Å². The van der Waals surface area contributed by atoms with Crippen molar-refractivity contribution in [3.8, 4) is 11.8 Å². The van der Waals surface area contributed by atoms with E-state index >= 15 is 4.39 Å². The highest BCUT2D eigenvalue weighted by Crippen LogP contribution is 2.48. The van der Waals surface area contributed by atoms with Gasteiger partial charge in [0.1, 0.15) is 23.2 Å². The van der Waals surface area contributed by atoms with Crippen molar-refractivity contribution in [1.82, 2.24) is 0 Å². The van der Waals surface area contributed by atoms with Crippen molar-refractivity contribution in [3.05, 3.63) is 53.3 Å². The molecule has 4 rings (SSSR count). The van der Waals surface area contributed by atoms with Crippen LogP contribution in [0.4, 0.5) is 28.9 Å². The van der Waals surface area contributed by atoms with Gasteiger partial charge in [-0.1, -0.05) is 0 Å². The minimum atomic E-state index is -4.83. The zero-order valence-electron chi connectivity index (χ0n) is 22.5. The van der Waals surface area contributed by atoms with Crippen LogP contribution in [0.3, 0.4) is 0 Å². The van der Waals surface area contributed by atoms with E-state index in [4.69, 9.17) is 27.0 Å². The van der Waals surface area contributed by atoms with Crippen LogP contribution < -0.4 is 14.5 Å². The molecular weight excluding hydrogens is 550 g/mol. The molecule has 2 aliphatic rings. The van der Waals surface area contributed by atoms with Gasteiger partial charge in [-0.3, -0.25) is 14.5 Å². The molecule has 0 aromatic heterocycles. The lowest BCUT2D eigenvalue weighted by Gasteiger charge is -2.29.